The fourth-order valence-electron chi connectivity index (χ4n) is 4.56. The van der Waals surface area contributed by atoms with Gasteiger partial charge in [0.05, 0.1) is 24.3 Å². The molecule has 8 heteroatoms. The Morgan fingerprint density at radius 3 is 2.71 bits per heavy atom. The van der Waals surface area contributed by atoms with E-state index in [2.05, 4.69) is 16.3 Å². The van der Waals surface area contributed by atoms with E-state index in [0.29, 0.717) is 50.0 Å². The van der Waals surface area contributed by atoms with Gasteiger partial charge in [-0.3, -0.25) is 9.59 Å². The van der Waals surface area contributed by atoms with Gasteiger partial charge in [-0.2, -0.15) is 5.26 Å². The lowest BCUT2D eigenvalue weighted by Crippen LogP contribution is -2.54. The molecule has 2 heterocycles. The molecule has 1 aliphatic heterocycles. The van der Waals surface area contributed by atoms with Crippen LogP contribution in [0.15, 0.2) is 30.3 Å². The molecule has 8 nitrogen and oxygen atoms in total. The summed E-state index contributed by atoms with van der Waals surface area (Å²) in [5.41, 5.74) is 4.12. The van der Waals surface area contributed by atoms with E-state index in [-0.39, 0.29) is 17.9 Å². The number of aromatic nitrogens is 1. The second-order valence-corrected chi connectivity index (χ2v) is 9.07. The molecule has 0 bridgehead atoms. The van der Waals surface area contributed by atoms with Crippen LogP contribution in [0, 0.1) is 11.3 Å². The van der Waals surface area contributed by atoms with Gasteiger partial charge in [-0.05, 0) is 43.5 Å². The van der Waals surface area contributed by atoms with Gasteiger partial charge in [-0.15, -0.1) is 0 Å². The van der Waals surface area contributed by atoms with Crippen molar-refractivity contribution in [2.45, 2.75) is 45.1 Å². The van der Waals surface area contributed by atoms with Gasteiger partial charge in [0.25, 0.3) is 0 Å². The summed E-state index contributed by atoms with van der Waals surface area (Å²) in [6, 6.07) is 12.0. The smallest absolute Gasteiger partial charge is 0.225 e. The van der Waals surface area contributed by atoms with Crippen molar-refractivity contribution in [3.63, 3.8) is 0 Å². The first-order valence-corrected chi connectivity index (χ1v) is 11.8. The van der Waals surface area contributed by atoms with Gasteiger partial charge in [0, 0.05) is 56.9 Å². The van der Waals surface area contributed by atoms with Crippen molar-refractivity contribution < 1.29 is 14.3 Å². The van der Waals surface area contributed by atoms with Crippen molar-refractivity contribution >= 4 is 23.3 Å². The van der Waals surface area contributed by atoms with Gasteiger partial charge >= 0.3 is 0 Å². The first-order chi connectivity index (χ1) is 16.4. The largest absolute Gasteiger partial charge is 0.384 e. The zero-order valence-corrected chi connectivity index (χ0v) is 20.0. The third-order valence-electron chi connectivity index (χ3n) is 6.38. The molecule has 4 rings (SSSR count). The minimum absolute atomic E-state index is 0.0184. The molecule has 34 heavy (non-hydrogen) atoms. The molecule has 1 unspecified atom stereocenters. The Hall–Kier alpha value is -3.44. The second-order valence-electron chi connectivity index (χ2n) is 9.07. The van der Waals surface area contributed by atoms with Crippen LogP contribution in [0.1, 0.15) is 50.3 Å². The zero-order valence-electron chi connectivity index (χ0n) is 20.0. The van der Waals surface area contributed by atoms with Crippen LogP contribution in [-0.4, -0.2) is 61.1 Å². The van der Waals surface area contributed by atoms with Crippen LogP contribution in [0.2, 0.25) is 0 Å². The number of carbonyl (C=O) groups is 2. The first-order valence-electron chi connectivity index (χ1n) is 11.8. The molecule has 2 amide bonds. The summed E-state index contributed by atoms with van der Waals surface area (Å²) >= 11 is 0. The Morgan fingerprint density at radius 2 is 2.06 bits per heavy atom. The number of carbonyl (C=O) groups excluding carboxylic acids is 2. The van der Waals surface area contributed by atoms with Crippen LogP contribution in [0.4, 0.5) is 11.5 Å². The molecule has 1 saturated carbocycles. The second kappa shape index (κ2) is 10.2. The number of benzene rings is 1. The number of nitrogens with one attached hydrogen (secondary N) is 1. The van der Waals surface area contributed by atoms with Crippen LogP contribution in [-0.2, 0) is 14.3 Å². The number of rotatable bonds is 7. The predicted octanol–water partition coefficient (Wildman–Crippen LogP) is 3.53. The highest BCUT2D eigenvalue weighted by atomic mass is 16.5. The summed E-state index contributed by atoms with van der Waals surface area (Å²) in [7, 11) is 1.60. The fraction of sp³-hybridized carbons (Fsp3) is 0.462. The molecule has 1 atom stereocenters. The van der Waals surface area contributed by atoms with Crippen LogP contribution in [0.25, 0.3) is 11.1 Å². The predicted molar refractivity (Wildman–Crippen MR) is 131 cm³/mol. The lowest BCUT2D eigenvalue weighted by Gasteiger charge is -2.41. The normalized spacial score (nSPS) is 17.9. The van der Waals surface area contributed by atoms with Gasteiger partial charge < -0.3 is 19.9 Å². The average Bonchev–Trinajstić information content (AvgIpc) is 3.67. The molecule has 1 N–H and O–H groups in total. The highest BCUT2D eigenvalue weighted by Gasteiger charge is 2.33. The Kier molecular flexibility index (Phi) is 7.13. The van der Waals surface area contributed by atoms with E-state index in [9.17, 15) is 14.9 Å². The van der Waals surface area contributed by atoms with Gasteiger partial charge in [-0.1, -0.05) is 12.1 Å². The first kappa shape index (κ1) is 23.7. The number of piperazine rings is 1. The van der Waals surface area contributed by atoms with E-state index in [1.165, 1.54) is 6.92 Å². The summed E-state index contributed by atoms with van der Waals surface area (Å²) in [5, 5.41) is 12.8. The van der Waals surface area contributed by atoms with Gasteiger partial charge in [0.15, 0.2) is 0 Å². The van der Waals surface area contributed by atoms with Crippen molar-refractivity contribution in [2.24, 2.45) is 0 Å². The zero-order chi connectivity index (χ0) is 24.2. The Labute approximate surface area is 200 Å². The number of pyridine rings is 1. The van der Waals surface area contributed by atoms with Crippen LogP contribution >= 0.6 is 0 Å². The molecular formula is C26H31N5O3. The standard InChI is InChI=1S/C26H31N5O3/c1-17-16-30(10-11-31(17)24(33)9-12-34-3)26-21(15-27)14-23(25(29-26)19-7-8-19)20-5-4-6-22(13-20)28-18(2)32/h4-6,13-14,17,19H,7-12,16H2,1-3H3,(H,28,32). The monoisotopic (exact) mass is 461 g/mol. The molecule has 0 radical (unpaired) electrons. The molecule has 178 valence electrons. The third kappa shape index (κ3) is 5.20. The van der Waals surface area contributed by atoms with Gasteiger partial charge in [0.1, 0.15) is 11.9 Å². The summed E-state index contributed by atoms with van der Waals surface area (Å²) in [6.07, 6.45) is 2.53. The van der Waals surface area contributed by atoms with E-state index in [1.54, 1.807) is 7.11 Å². The van der Waals surface area contributed by atoms with E-state index in [1.807, 2.05) is 42.2 Å². The summed E-state index contributed by atoms with van der Waals surface area (Å²) in [5.74, 6) is 1.04. The quantitative estimate of drug-likeness (QED) is 0.677. The summed E-state index contributed by atoms with van der Waals surface area (Å²) < 4.78 is 5.05. The van der Waals surface area contributed by atoms with Crippen molar-refractivity contribution in [1.82, 2.24) is 9.88 Å². The van der Waals surface area contributed by atoms with Crippen LogP contribution < -0.4 is 10.2 Å². The molecule has 1 aromatic heterocycles. The lowest BCUT2D eigenvalue weighted by molar-refractivity contribution is -0.134. The van der Waals surface area contributed by atoms with Crippen LogP contribution in [0.5, 0.6) is 0 Å². The number of hydrogen-bond donors (Lipinski definition) is 1. The maximum atomic E-state index is 12.5. The Bertz CT molecular complexity index is 1120. The number of amides is 2. The molecule has 1 aromatic carbocycles. The van der Waals surface area contributed by atoms with Crippen molar-refractivity contribution in [3.05, 3.63) is 41.6 Å². The molecule has 2 aliphatic rings. The van der Waals surface area contributed by atoms with Crippen molar-refractivity contribution in [3.8, 4) is 17.2 Å². The van der Waals surface area contributed by atoms with E-state index >= 15 is 0 Å². The lowest BCUT2D eigenvalue weighted by atomic mass is 9.98. The highest BCUT2D eigenvalue weighted by molar-refractivity contribution is 5.89. The summed E-state index contributed by atoms with van der Waals surface area (Å²) in [6.45, 7) is 5.79. The maximum Gasteiger partial charge on any atom is 0.225 e. The minimum Gasteiger partial charge on any atom is -0.384 e. The minimum atomic E-state index is -0.125. The third-order valence-corrected chi connectivity index (χ3v) is 6.38. The average molecular weight is 462 g/mol. The number of methoxy groups -OCH3 is 1. The maximum absolute atomic E-state index is 12.5. The number of hydrogen-bond acceptors (Lipinski definition) is 6. The molecule has 2 aromatic rings. The molecule has 1 saturated heterocycles. The van der Waals surface area contributed by atoms with E-state index in [0.717, 1.165) is 35.3 Å². The number of nitriles is 1. The molecule has 0 spiro atoms. The van der Waals surface area contributed by atoms with E-state index in [4.69, 9.17) is 9.72 Å². The summed E-state index contributed by atoms with van der Waals surface area (Å²) in [4.78, 5) is 33.1. The number of ether oxygens (including phenoxy) is 1. The molecule has 2 fully saturated rings. The number of nitrogens with zero attached hydrogens (tertiary/aromatic N) is 4. The van der Waals surface area contributed by atoms with Crippen molar-refractivity contribution in [2.75, 3.05) is 43.6 Å². The fourth-order valence-corrected chi connectivity index (χ4v) is 4.56. The van der Waals surface area contributed by atoms with Gasteiger partial charge in [0.2, 0.25) is 11.8 Å². The SMILES string of the molecule is COCCC(=O)N1CCN(c2nc(C3CC3)c(-c3cccc(NC(C)=O)c3)cc2C#N)CC1C. The van der Waals surface area contributed by atoms with E-state index < -0.39 is 0 Å². The van der Waals surface area contributed by atoms with Crippen LogP contribution in [0.3, 0.4) is 0 Å². The topological polar surface area (TPSA) is 98.6 Å². The highest BCUT2D eigenvalue weighted by Crippen LogP contribution is 2.45. The van der Waals surface area contributed by atoms with Crippen molar-refractivity contribution in [1.29, 1.82) is 5.26 Å². The molecular weight excluding hydrogens is 430 g/mol. The van der Waals surface area contributed by atoms with Gasteiger partial charge in [-0.25, -0.2) is 4.98 Å². The Balaban J connectivity index is 1.63. The number of anilines is 2. The molecule has 1 aliphatic carbocycles. The Morgan fingerprint density at radius 1 is 1.26 bits per heavy atom.